The van der Waals surface area contributed by atoms with Crippen LogP contribution in [0.4, 0.5) is 5.69 Å². The molecule has 1 aromatic carbocycles. The van der Waals surface area contributed by atoms with Gasteiger partial charge in [0, 0.05) is 16.7 Å². The number of anilines is 1. The Morgan fingerprint density at radius 3 is 2.88 bits per heavy atom. The van der Waals surface area contributed by atoms with Gasteiger partial charge >= 0.3 is 0 Å². The molecule has 0 saturated carbocycles. The number of rotatable bonds is 4. The average molecular weight is 285 g/mol. The molecule has 0 saturated heterocycles. The van der Waals surface area contributed by atoms with Gasteiger partial charge in [0.25, 0.3) is 5.91 Å². The summed E-state index contributed by atoms with van der Waals surface area (Å²) in [4.78, 5) is 11.7. The maximum absolute atomic E-state index is 11.7. The number of nitrogen functional groups attached to an aromatic ring is 1. The van der Waals surface area contributed by atoms with Gasteiger partial charge in [-0.15, -0.1) is 0 Å². The van der Waals surface area contributed by atoms with Gasteiger partial charge in [-0.3, -0.25) is 4.79 Å². The zero-order chi connectivity index (χ0) is 12.1. The number of halogens is 1. The number of carbonyl (C=O) groups excluding carboxylic acids is 1. The summed E-state index contributed by atoms with van der Waals surface area (Å²) in [7, 11) is 1.54. The average Bonchev–Trinajstić information content (AvgIpc) is 2.26. The predicted octanol–water partition coefficient (Wildman–Crippen LogP) is 1.92. The molecule has 0 fully saturated rings. The van der Waals surface area contributed by atoms with Crippen LogP contribution in [-0.2, 0) is 0 Å². The summed E-state index contributed by atoms with van der Waals surface area (Å²) in [5.41, 5.74) is 6.51. The third-order valence-corrected chi connectivity index (χ3v) is 2.23. The number of nitrogens with one attached hydrogen (secondary N) is 1. The summed E-state index contributed by atoms with van der Waals surface area (Å²) in [6, 6.07) is 4.94. The van der Waals surface area contributed by atoms with Gasteiger partial charge in [-0.25, -0.2) is 0 Å². The smallest absolute Gasteiger partial charge is 0.253 e. The van der Waals surface area contributed by atoms with Crippen LogP contribution in [0.15, 0.2) is 29.3 Å². The fraction of sp³-hybridized carbons (Fsp3) is 0.182. The van der Waals surface area contributed by atoms with Crippen LogP contribution in [0, 0.1) is 0 Å². The quantitative estimate of drug-likeness (QED) is 0.831. The highest BCUT2D eigenvalue weighted by Gasteiger charge is 2.10. The van der Waals surface area contributed by atoms with Crippen LogP contribution < -0.4 is 15.8 Å². The van der Waals surface area contributed by atoms with Crippen molar-refractivity contribution in [1.29, 1.82) is 0 Å². The van der Waals surface area contributed by atoms with E-state index in [1.807, 2.05) is 0 Å². The molecule has 0 heterocycles. The molecule has 0 aromatic heterocycles. The van der Waals surface area contributed by atoms with Crippen molar-refractivity contribution in [3.63, 3.8) is 0 Å². The molecule has 0 radical (unpaired) electrons. The summed E-state index contributed by atoms with van der Waals surface area (Å²) in [6.07, 6.45) is 0. The zero-order valence-corrected chi connectivity index (χ0v) is 10.5. The first-order valence-electron chi connectivity index (χ1n) is 4.59. The summed E-state index contributed by atoms with van der Waals surface area (Å²) >= 11 is 3.16. The number of benzene rings is 1. The number of carbonyl (C=O) groups is 1. The van der Waals surface area contributed by atoms with Gasteiger partial charge in [-0.2, -0.15) is 0 Å². The number of hydrogen-bond acceptors (Lipinski definition) is 3. The second-order valence-electron chi connectivity index (χ2n) is 3.15. The third kappa shape index (κ3) is 3.27. The van der Waals surface area contributed by atoms with Gasteiger partial charge in [-0.1, -0.05) is 22.5 Å². The standard InChI is InChI=1S/C11H13BrN2O2/c1-7(12)6-14-11(15)9-5-8(16-2)3-4-10(9)13/h3-5H,1,6,13H2,2H3,(H,14,15). The van der Waals surface area contributed by atoms with Crippen molar-refractivity contribution in [1.82, 2.24) is 5.32 Å². The lowest BCUT2D eigenvalue weighted by molar-refractivity contribution is 0.0958. The number of nitrogens with two attached hydrogens (primary N) is 1. The van der Waals surface area contributed by atoms with Gasteiger partial charge in [0.15, 0.2) is 0 Å². The van der Waals surface area contributed by atoms with Crippen molar-refractivity contribution < 1.29 is 9.53 Å². The molecular formula is C11H13BrN2O2. The van der Waals surface area contributed by atoms with E-state index in [4.69, 9.17) is 10.5 Å². The van der Waals surface area contributed by atoms with Gasteiger partial charge in [-0.05, 0) is 18.2 Å². The molecule has 3 N–H and O–H groups in total. The van der Waals surface area contributed by atoms with Gasteiger partial charge in [0.05, 0.1) is 12.7 Å². The summed E-state index contributed by atoms with van der Waals surface area (Å²) in [5.74, 6) is 0.342. The van der Waals surface area contributed by atoms with Crippen LogP contribution in [0.2, 0.25) is 0 Å². The Morgan fingerprint density at radius 2 is 2.31 bits per heavy atom. The van der Waals surface area contributed by atoms with E-state index in [0.29, 0.717) is 28.0 Å². The molecule has 0 atom stereocenters. The third-order valence-electron chi connectivity index (χ3n) is 1.95. The van der Waals surface area contributed by atoms with E-state index in [1.165, 1.54) is 7.11 Å². The summed E-state index contributed by atoms with van der Waals surface area (Å²) in [5, 5.41) is 2.67. The maximum Gasteiger partial charge on any atom is 0.253 e. The number of hydrogen-bond donors (Lipinski definition) is 2. The Bertz CT molecular complexity index is 418. The minimum atomic E-state index is -0.253. The molecule has 4 nitrogen and oxygen atoms in total. The monoisotopic (exact) mass is 284 g/mol. The normalized spacial score (nSPS) is 9.62. The van der Waals surface area contributed by atoms with Crippen LogP contribution >= 0.6 is 15.9 Å². The van der Waals surface area contributed by atoms with Crippen molar-refractivity contribution in [2.75, 3.05) is 19.4 Å². The molecule has 0 unspecified atom stereocenters. The Balaban J connectivity index is 2.85. The minimum absolute atomic E-state index is 0.253. The molecule has 1 aromatic rings. The van der Waals surface area contributed by atoms with Crippen molar-refractivity contribution in [2.24, 2.45) is 0 Å². The highest BCUT2D eigenvalue weighted by Crippen LogP contribution is 2.19. The first-order chi connectivity index (χ1) is 7.54. The minimum Gasteiger partial charge on any atom is -0.497 e. The zero-order valence-electron chi connectivity index (χ0n) is 8.92. The van der Waals surface area contributed by atoms with Crippen LogP contribution in [0.5, 0.6) is 5.75 Å². The second kappa shape index (κ2) is 5.55. The first-order valence-corrected chi connectivity index (χ1v) is 5.39. The van der Waals surface area contributed by atoms with Crippen LogP contribution in [0.25, 0.3) is 0 Å². The predicted molar refractivity (Wildman–Crippen MR) is 67.8 cm³/mol. The first kappa shape index (κ1) is 12.6. The number of ether oxygens (including phenoxy) is 1. The highest BCUT2D eigenvalue weighted by atomic mass is 79.9. The second-order valence-corrected chi connectivity index (χ2v) is 4.27. The van der Waals surface area contributed by atoms with Crippen LogP contribution in [-0.4, -0.2) is 19.6 Å². The van der Waals surface area contributed by atoms with Gasteiger partial charge in [0.2, 0.25) is 0 Å². The van der Waals surface area contributed by atoms with E-state index in [9.17, 15) is 4.79 Å². The summed E-state index contributed by atoms with van der Waals surface area (Å²) in [6.45, 7) is 3.98. The van der Waals surface area contributed by atoms with E-state index in [1.54, 1.807) is 18.2 Å². The molecule has 86 valence electrons. The Hall–Kier alpha value is -1.49. The molecule has 0 spiro atoms. The molecule has 16 heavy (non-hydrogen) atoms. The molecule has 0 aliphatic heterocycles. The van der Waals surface area contributed by atoms with Gasteiger partial charge in [0.1, 0.15) is 5.75 Å². The van der Waals surface area contributed by atoms with E-state index in [-0.39, 0.29) is 5.91 Å². The SMILES string of the molecule is C=C(Br)CNC(=O)c1cc(OC)ccc1N. The van der Waals surface area contributed by atoms with E-state index < -0.39 is 0 Å². The molecule has 5 heteroatoms. The maximum atomic E-state index is 11.7. The van der Waals surface area contributed by atoms with Crippen molar-refractivity contribution >= 4 is 27.5 Å². The Labute approximate surface area is 103 Å². The van der Waals surface area contributed by atoms with Gasteiger partial charge < -0.3 is 15.8 Å². The Kier molecular flexibility index (Phi) is 4.37. The molecule has 1 rings (SSSR count). The topological polar surface area (TPSA) is 64.3 Å². The lowest BCUT2D eigenvalue weighted by Gasteiger charge is -2.08. The number of methoxy groups -OCH3 is 1. The molecule has 0 aliphatic carbocycles. The molecule has 0 bridgehead atoms. The summed E-state index contributed by atoms with van der Waals surface area (Å²) < 4.78 is 5.72. The van der Waals surface area contributed by atoms with Crippen molar-refractivity contribution in [3.8, 4) is 5.75 Å². The fourth-order valence-electron chi connectivity index (χ4n) is 1.13. The lowest BCUT2D eigenvalue weighted by Crippen LogP contribution is -2.25. The van der Waals surface area contributed by atoms with E-state index in [2.05, 4.69) is 27.8 Å². The van der Waals surface area contributed by atoms with E-state index >= 15 is 0 Å². The number of amides is 1. The molecule has 0 aliphatic rings. The fourth-order valence-corrected chi connectivity index (χ4v) is 1.27. The highest BCUT2D eigenvalue weighted by molar-refractivity contribution is 9.11. The van der Waals surface area contributed by atoms with Crippen LogP contribution in [0.1, 0.15) is 10.4 Å². The lowest BCUT2D eigenvalue weighted by atomic mass is 10.1. The Morgan fingerprint density at radius 1 is 1.62 bits per heavy atom. The van der Waals surface area contributed by atoms with Crippen LogP contribution in [0.3, 0.4) is 0 Å². The molecule has 1 amide bonds. The van der Waals surface area contributed by atoms with Crippen molar-refractivity contribution in [3.05, 3.63) is 34.8 Å². The van der Waals surface area contributed by atoms with E-state index in [0.717, 1.165) is 0 Å². The van der Waals surface area contributed by atoms with Crippen molar-refractivity contribution in [2.45, 2.75) is 0 Å². The largest absolute Gasteiger partial charge is 0.497 e. The molecular weight excluding hydrogens is 272 g/mol.